The number of amides is 2. The molecule has 2 amide bonds. The molecule has 160 valence electrons. The second-order valence-electron chi connectivity index (χ2n) is 7.32. The Morgan fingerprint density at radius 3 is 2.48 bits per heavy atom. The van der Waals surface area contributed by atoms with E-state index >= 15 is 0 Å². The molecule has 1 aliphatic heterocycles. The van der Waals surface area contributed by atoms with Gasteiger partial charge in [-0.25, -0.2) is 0 Å². The van der Waals surface area contributed by atoms with Crippen LogP contribution in [0.25, 0.3) is 11.1 Å². The van der Waals surface area contributed by atoms with Crippen molar-refractivity contribution in [2.45, 2.75) is 12.8 Å². The highest BCUT2D eigenvalue weighted by molar-refractivity contribution is 5.95. The SMILES string of the molecule is NC(=O)c1ccc(NC(=O)COC(=O)C2CCN(c3nc4ccccc4o3)CC2)cc1. The largest absolute Gasteiger partial charge is 0.455 e. The van der Waals surface area contributed by atoms with Crippen molar-refractivity contribution in [1.29, 1.82) is 0 Å². The Labute approximate surface area is 178 Å². The van der Waals surface area contributed by atoms with Gasteiger partial charge in [0.15, 0.2) is 12.2 Å². The van der Waals surface area contributed by atoms with Gasteiger partial charge in [0, 0.05) is 24.3 Å². The number of carbonyl (C=O) groups is 3. The summed E-state index contributed by atoms with van der Waals surface area (Å²) in [5, 5.41) is 2.61. The first-order valence-corrected chi connectivity index (χ1v) is 9.96. The molecule has 0 radical (unpaired) electrons. The molecule has 31 heavy (non-hydrogen) atoms. The van der Waals surface area contributed by atoms with Crippen molar-refractivity contribution in [3.8, 4) is 0 Å². The Kier molecular flexibility index (Phi) is 5.83. The van der Waals surface area contributed by atoms with Crippen LogP contribution in [-0.4, -0.2) is 42.5 Å². The third-order valence-corrected chi connectivity index (χ3v) is 5.18. The molecule has 0 saturated carbocycles. The van der Waals surface area contributed by atoms with Gasteiger partial charge in [0.05, 0.1) is 5.92 Å². The lowest BCUT2D eigenvalue weighted by atomic mass is 9.97. The minimum Gasteiger partial charge on any atom is -0.455 e. The first-order valence-electron chi connectivity index (χ1n) is 9.96. The number of fused-ring (bicyclic) bond motifs is 1. The quantitative estimate of drug-likeness (QED) is 0.584. The topological polar surface area (TPSA) is 128 Å². The summed E-state index contributed by atoms with van der Waals surface area (Å²) in [4.78, 5) is 41.9. The number of esters is 1. The Morgan fingerprint density at radius 2 is 1.81 bits per heavy atom. The normalized spacial score (nSPS) is 14.4. The van der Waals surface area contributed by atoms with Gasteiger partial charge in [0.2, 0.25) is 5.91 Å². The molecule has 0 unspecified atom stereocenters. The molecule has 0 spiro atoms. The van der Waals surface area contributed by atoms with Gasteiger partial charge in [-0.2, -0.15) is 4.98 Å². The Morgan fingerprint density at radius 1 is 1.10 bits per heavy atom. The van der Waals surface area contributed by atoms with E-state index in [1.807, 2.05) is 29.2 Å². The number of piperidine rings is 1. The smallest absolute Gasteiger partial charge is 0.309 e. The van der Waals surface area contributed by atoms with Crippen LogP contribution in [0.2, 0.25) is 0 Å². The molecule has 0 aliphatic carbocycles. The van der Waals surface area contributed by atoms with Gasteiger partial charge < -0.3 is 25.1 Å². The Balaban J connectivity index is 1.23. The number of hydrogen-bond acceptors (Lipinski definition) is 7. The molecule has 4 rings (SSSR count). The second kappa shape index (κ2) is 8.86. The maximum atomic E-state index is 12.3. The van der Waals surface area contributed by atoms with Gasteiger partial charge >= 0.3 is 5.97 Å². The molecular formula is C22H22N4O5. The number of ether oxygens (including phenoxy) is 1. The van der Waals surface area contributed by atoms with Gasteiger partial charge in [-0.3, -0.25) is 14.4 Å². The number of nitrogens with zero attached hydrogens (tertiary/aromatic N) is 2. The molecule has 1 fully saturated rings. The Bertz CT molecular complexity index is 1070. The van der Waals surface area contributed by atoms with E-state index in [4.69, 9.17) is 14.9 Å². The molecule has 3 aromatic rings. The fourth-order valence-corrected chi connectivity index (χ4v) is 3.47. The highest BCUT2D eigenvalue weighted by Crippen LogP contribution is 2.26. The van der Waals surface area contributed by atoms with Crippen molar-refractivity contribution >= 4 is 40.6 Å². The molecule has 1 aromatic heterocycles. The van der Waals surface area contributed by atoms with Crippen LogP contribution in [0.3, 0.4) is 0 Å². The van der Waals surface area contributed by atoms with E-state index in [1.165, 1.54) is 12.1 Å². The van der Waals surface area contributed by atoms with Crippen LogP contribution >= 0.6 is 0 Å². The van der Waals surface area contributed by atoms with E-state index in [9.17, 15) is 14.4 Å². The van der Waals surface area contributed by atoms with Gasteiger partial charge in [0.25, 0.3) is 11.9 Å². The summed E-state index contributed by atoms with van der Waals surface area (Å²) in [7, 11) is 0. The molecule has 1 aliphatic rings. The van der Waals surface area contributed by atoms with Crippen LogP contribution in [0.5, 0.6) is 0 Å². The zero-order chi connectivity index (χ0) is 21.8. The van der Waals surface area contributed by atoms with E-state index in [1.54, 1.807) is 12.1 Å². The number of aromatic nitrogens is 1. The fraction of sp³-hybridized carbons (Fsp3) is 0.273. The lowest BCUT2D eigenvalue weighted by Crippen LogP contribution is -2.37. The van der Waals surface area contributed by atoms with Gasteiger partial charge in [0.1, 0.15) is 5.52 Å². The number of oxazole rings is 1. The summed E-state index contributed by atoms with van der Waals surface area (Å²) in [6, 6.07) is 14.2. The average Bonchev–Trinajstić information content (AvgIpc) is 3.22. The van der Waals surface area contributed by atoms with Crippen molar-refractivity contribution in [3.05, 3.63) is 54.1 Å². The fourth-order valence-electron chi connectivity index (χ4n) is 3.47. The van der Waals surface area contributed by atoms with Crippen LogP contribution in [0.4, 0.5) is 11.7 Å². The lowest BCUT2D eigenvalue weighted by molar-refractivity contribution is -0.152. The maximum Gasteiger partial charge on any atom is 0.309 e. The third kappa shape index (κ3) is 4.82. The minimum atomic E-state index is -0.547. The van der Waals surface area contributed by atoms with E-state index in [0.29, 0.717) is 43.2 Å². The molecule has 0 bridgehead atoms. The summed E-state index contributed by atoms with van der Waals surface area (Å²) in [5.41, 5.74) is 7.54. The lowest BCUT2D eigenvalue weighted by Gasteiger charge is -2.29. The van der Waals surface area contributed by atoms with Crippen LogP contribution in [-0.2, 0) is 14.3 Å². The van der Waals surface area contributed by atoms with Crippen molar-refractivity contribution in [2.24, 2.45) is 11.7 Å². The zero-order valence-corrected chi connectivity index (χ0v) is 16.7. The van der Waals surface area contributed by atoms with Crippen molar-refractivity contribution in [2.75, 3.05) is 29.9 Å². The number of carbonyl (C=O) groups excluding carboxylic acids is 3. The molecular weight excluding hydrogens is 400 g/mol. The van der Waals surface area contributed by atoms with Crippen molar-refractivity contribution < 1.29 is 23.5 Å². The predicted octanol–water partition coefficient (Wildman–Crippen LogP) is 2.33. The standard InChI is InChI=1S/C22H22N4O5/c23-20(28)14-5-7-16(8-6-14)24-19(27)13-30-21(29)15-9-11-26(12-10-15)22-25-17-3-1-2-4-18(17)31-22/h1-8,15H,9-13H2,(H2,23,28)(H,24,27). The summed E-state index contributed by atoms with van der Waals surface area (Å²) in [6.07, 6.45) is 1.18. The van der Waals surface area contributed by atoms with E-state index < -0.39 is 17.8 Å². The zero-order valence-electron chi connectivity index (χ0n) is 16.7. The maximum absolute atomic E-state index is 12.3. The van der Waals surface area contributed by atoms with Crippen LogP contribution in [0.15, 0.2) is 52.9 Å². The first kappa shape index (κ1) is 20.4. The highest BCUT2D eigenvalue weighted by atomic mass is 16.5. The first-order chi connectivity index (χ1) is 15.0. The van der Waals surface area contributed by atoms with E-state index in [2.05, 4.69) is 10.3 Å². The minimum absolute atomic E-state index is 0.275. The van der Waals surface area contributed by atoms with Crippen molar-refractivity contribution in [3.63, 3.8) is 0 Å². The number of anilines is 2. The monoisotopic (exact) mass is 422 g/mol. The number of para-hydroxylation sites is 2. The van der Waals surface area contributed by atoms with Crippen molar-refractivity contribution in [1.82, 2.24) is 4.98 Å². The summed E-state index contributed by atoms with van der Waals surface area (Å²) in [6.45, 7) is 0.859. The number of nitrogens with one attached hydrogen (secondary N) is 1. The van der Waals surface area contributed by atoms with Crippen LogP contribution < -0.4 is 16.0 Å². The van der Waals surface area contributed by atoms with Gasteiger partial charge in [-0.15, -0.1) is 0 Å². The van der Waals surface area contributed by atoms with Crippen LogP contribution in [0, 0.1) is 5.92 Å². The predicted molar refractivity (Wildman–Crippen MR) is 113 cm³/mol. The second-order valence-corrected chi connectivity index (χ2v) is 7.32. The average molecular weight is 422 g/mol. The molecule has 2 heterocycles. The number of hydrogen-bond donors (Lipinski definition) is 2. The van der Waals surface area contributed by atoms with E-state index in [-0.39, 0.29) is 12.5 Å². The Hall–Kier alpha value is -3.88. The molecule has 2 aromatic carbocycles. The van der Waals surface area contributed by atoms with Gasteiger partial charge in [-0.05, 0) is 49.2 Å². The summed E-state index contributed by atoms with van der Waals surface area (Å²) in [5.74, 6) is -1.67. The van der Waals surface area contributed by atoms with E-state index in [0.717, 1.165) is 11.1 Å². The highest BCUT2D eigenvalue weighted by Gasteiger charge is 2.28. The summed E-state index contributed by atoms with van der Waals surface area (Å²) < 4.78 is 11.0. The molecule has 9 heteroatoms. The molecule has 3 N–H and O–H groups in total. The number of nitrogens with two attached hydrogens (primary N) is 1. The van der Waals surface area contributed by atoms with Gasteiger partial charge in [-0.1, -0.05) is 12.1 Å². The number of rotatable bonds is 6. The molecule has 1 saturated heterocycles. The molecule has 0 atom stereocenters. The third-order valence-electron chi connectivity index (χ3n) is 5.18. The van der Waals surface area contributed by atoms with Crippen LogP contribution in [0.1, 0.15) is 23.2 Å². The number of benzene rings is 2. The number of primary amides is 1. The molecule has 9 nitrogen and oxygen atoms in total. The summed E-state index contributed by atoms with van der Waals surface area (Å²) >= 11 is 0.